The predicted molar refractivity (Wildman–Crippen MR) is 326 cm³/mol. The molecular formula is C69H128O6. The number of allylic oxidation sites excluding steroid dienone is 6. The Bertz CT molecular complexity index is 1250. The maximum absolute atomic E-state index is 12.9. The average molecular weight is 1050 g/mol. The first-order chi connectivity index (χ1) is 37.0. The molecule has 0 aliphatic heterocycles. The van der Waals surface area contributed by atoms with Gasteiger partial charge in [0.05, 0.1) is 0 Å². The second-order valence-corrected chi connectivity index (χ2v) is 22.8. The summed E-state index contributed by atoms with van der Waals surface area (Å²) in [5.74, 6) is -0.851. The molecule has 6 heteroatoms. The molecule has 0 bridgehead atoms. The van der Waals surface area contributed by atoms with E-state index in [0.717, 1.165) is 57.8 Å². The first-order valence-corrected chi connectivity index (χ1v) is 33.5. The van der Waals surface area contributed by atoms with E-state index in [1.165, 1.54) is 270 Å². The molecule has 0 N–H and O–H groups in total. The lowest BCUT2D eigenvalue weighted by Crippen LogP contribution is -2.30. The first kappa shape index (κ1) is 72.6. The molecule has 0 aromatic carbocycles. The molecule has 0 aliphatic carbocycles. The number of ether oxygens (including phenoxy) is 3. The van der Waals surface area contributed by atoms with Gasteiger partial charge in [-0.1, -0.05) is 314 Å². The molecule has 0 amide bonds. The van der Waals surface area contributed by atoms with Crippen molar-refractivity contribution < 1.29 is 28.6 Å². The zero-order valence-corrected chi connectivity index (χ0v) is 50.6. The van der Waals surface area contributed by atoms with Gasteiger partial charge in [-0.2, -0.15) is 0 Å². The Morgan fingerprint density at radius 2 is 0.480 bits per heavy atom. The zero-order chi connectivity index (χ0) is 54.3. The van der Waals surface area contributed by atoms with Crippen LogP contribution in [0.1, 0.15) is 367 Å². The minimum Gasteiger partial charge on any atom is -0.462 e. The van der Waals surface area contributed by atoms with Crippen molar-refractivity contribution in [1.29, 1.82) is 0 Å². The largest absolute Gasteiger partial charge is 0.462 e. The molecule has 0 saturated heterocycles. The van der Waals surface area contributed by atoms with Crippen LogP contribution in [0.15, 0.2) is 36.5 Å². The summed E-state index contributed by atoms with van der Waals surface area (Å²) < 4.78 is 17.0. The standard InChI is InChI=1S/C69H128O6/c1-4-7-10-13-16-19-22-25-28-31-34-37-40-43-46-49-52-55-58-61-67(70)73-64-66(75-69(72)63-60-57-54-51-48-45-42-39-36-33-30-27-24-21-18-15-12-9-6-3)65-74-68(71)62-59-56-53-50-47-44-41-38-35-32-29-26-23-20-17-14-11-8-5-2/h16,19,22,25,33,36,66H,4-15,17-18,20-21,23-24,26-32,34-35,37-65H2,1-3H3/b19-16-,25-22-,36-33-. The van der Waals surface area contributed by atoms with Crippen LogP contribution < -0.4 is 0 Å². The highest BCUT2D eigenvalue weighted by Gasteiger charge is 2.19. The number of esters is 3. The monoisotopic (exact) mass is 1050 g/mol. The van der Waals surface area contributed by atoms with E-state index in [1.54, 1.807) is 0 Å². The minimum absolute atomic E-state index is 0.0702. The second kappa shape index (κ2) is 64.2. The molecule has 0 heterocycles. The van der Waals surface area contributed by atoms with Crippen LogP contribution in [0.4, 0.5) is 0 Å². The van der Waals surface area contributed by atoms with E-state index in [0.29, 0.717) is 19.3 Å². The molecule has 75 heavy (non-hydrogen) atoms. The minimum atomic E-state index is -0.774. The fourth-order valence-corrected chi connectivity index (χ4v) is 10.1. The Hall–Kier alpha value is -2.37. The quantitative estimate of drug-likeness (QED) is 0.0199. The number of hydrogen-bond donors (Lipinski definition) is 0. The summed E-state index contributed by atoms with van der Waals surface area (Å²) in [6, 6.07) is 0. The highest BCUT2D eigenvalue weighted by molar-refractivity contribution is 5.71. The smallest absolute Gasteiger partial charge is 0.306 e. The molecule has 0 saturated carbocycles. The number of unbranched alkanes of at least 4 members (excludes halogenated alkanes) is 46. The van der Waals surface area contributed by atoms with Gasteiger partial charge in [-0.15, -0.1) is 0 Å². The Morgan fingerprint density at radius 3 is 0.773 bits per heavy atom. The van der Waals surface area contributed by atoms with E-state index in [4.69, 9.17) is 14.2 Å². The van der Waals surface area contributed by atoms with Gasteiger partial charge in [-0.25, -0.2) is 0 Å². The van der Waals surface area contributed by atoms with Crippen LogP contribution in [0.2, 0.25) is 0 Å². The lowest BCUT2D eigenvalue weighted by molar-refractivity contribution is -0.167. The lowest BCUT2D eigenvalue weighted by atomic mass is 10.0. The Morgan fingerprint density at radius 1 is 0.267 bits per heavy atom. The van der Waals surface area contributed by atoms with Crippen molar-refractivity contribution in [1.82, 2.24) is 0 Å². The molecule has 0 radical (unpaired) electrons. The van der Waals surface area contributed by atoms with Gasteiger partial charge in [-0.05, 0) is 70.6 Å². The van der Waals surface area contributed by atoms with E-state index >= 15 is 0 Å². The van der Waals surface area contributed by atoms with Crippen molar-refractivity contribution in [3.63, 3.8) is 0 Å². The molecule has 440 valence electrons. The summed E-state index contributed by atoms with van der Waals surface area (Å²) in [6.07, 6.45) is 78.6. The number of carbonyl (C=O) groups excluding carboxylic acids is 3. The normalized spacial score (nSPS) is 12.2. The summed E-state index contributed by atoms with van der Waals surface area (Å²) in [4.78, 5) is 38.4. The van der Waals surface area contributed by atoms with Crippen LogP contribution in [0.25, 0.3) is 0 Å². The van der Waals surface area contributed by atoms with E-state index < -0.39 is 6.10 Å². The highest BCUT2D eigenvalue weighted by atomic mass is 16.6. The van der Waals surface area contributed by atoms with Gasteiger partial charge >= 0.3 is 17.9 Å². The summed E-state index contributed by atoms with van der Waals surface area (Å²) in [5.41, 5.74) is 0. The van der Waals surface area contributed by atoms with Gasteiger partial charge in [0, 0.05) is 19.3 Å². The van der Waals surface area contributed by atoms with Crippen molar-refractivity contribution in [2.45, 2.75) is 374 Å². The maximum Gasteiger partial charge on any atom is 0.306 e. The fourth-order valence-electron chi connectivity index (χ4n) is 10.1. The zero-order valence-electron chi connectivity index (χ0n) is 50.6. The molecule has 0 aliphatic rings. The van der Waals surface area contributed by atoms with Crippen molar-refractivity contribution in [3.05, 3.63) is 36.5 Å². The SMILES string of the molecule is CCCCC/C=C\C=C/CCCCCCCCCCCCC(=O)OCC(COC(=O)CCCCCCCCCCCCCCCCCCCCC)OC(=O)CCCCCCCCC/C=C\CCCCCCCCCC. The van der Waals surface area contributed by atoms with E-state index in [2.05, 4.69) is 57.2 Å². The third kappa shape index (κ3) is 62.4. The third-order valence-electron chi connectivity index (χ3n) is 15.1. The van der Waals surface area contributed by atoms with Crippen LogP contribution in [0.5, 0.6) is 0 Å². The topological polar surface area (TPSA) is 78.9 Å². The van der Waals surface area contributed by atoms with Crippen molar-refractivity contribution >= 4 is 17.9 Å². The van der Waals surface area contributed by atoms with Gasteiger partial charge < -0.3 is 14.2 Å². The average Bonchev–Trinajstić information content (AvgIpc) is 3.41. The van der Waals surface area contributed by atoms with Crippen molar-refractivity contribution in [2.75, 3.05) is 13.2 Å². The molecule has 0 spiro atoms. The number of hydrogen-bond acceptors (Lipinski definition) is 6. The summed E-state index contributed by atoms with van der Waals surface area (Å²) in [7, 11) is 0. The van der Waals surface area contributed by atoms with Crippen molar-refractivity contribution in [2.24, 2.45) is 0 Å². The van der Waals surface area contributed by atoms with Crippen LogP contribution in [-0.2, 0) is 28.6 Å². The summed E-state index contributed by atoms with van der Waals surface area (Å²) >= 11 is 0. The highest BCUT2D eigenvalue weighted by Crippen LogP contribution is 2.18. The molecule has 0 rings (SSSR count). The molecule has 0 aromatic rings. The Balaban J connectivity index is 4.33. The molecule has 1 atom stereocenters. The molecule has 1 unspecified atom stereocenters. The second-order valence-electron chi connectivity index (χ2n) is 22.8. The van der Waals surface area contributed by atoms with E-state index in [9.17, 15) is 14.4 Å². The fraction of sp³-hybridized carbons (Fsp3) is 0.870. The molecule has 0 fully saturated rings. The van der Waals surface area contributed by atoms with Crippen molar-refractivity contribution in [3.8, 4) is 0 Å². The Labute approximate surface area is 467 Å². The van der Waals surface area contributed by atoms with Gasteiger partial charge in [0.15, 0.2) is 6.10 Å². The third-order valence-corrected chi connectivity index (χ3v) is 15.1. The number of carbonyl (C=O) groups is 3. The lowest BCUT2D eigenvalue weighted by Gasteiger charge is -2.18. The summed E-state index contributed by atoms with van der Waals surface area (Å²) in [5, 5.41) is 0. The van der Waals surface area contributed by atoms with Crippen LogP contribution in [0, 0.1) is 0 Å². The summed E-state index contributed by atoms with van der Waals surface area (Å²) in [6.45, 7) is 6.68. The van der Waals surface area contributed by atoms with Gasteiger partial charge in [0.25, 0.3) is 0 Å². The van der Waals surface area contributed by atoms with E-state index in [-0.39, 0.29) is 31.1 Å². The number of rotatable bonds is 62. The molecular weight excluding hydrogens is 925 g/mol. The Kier molecular flexibility index (Phi) is 62.1. The molecule has 6 nitrogen and oxygen atoms in total. The van der Waals surface area contributed by atoms with Gasteiger partial charge in [0.1, 0.15) is 13.2 Å². The van der Waals surface area contributed by atoms with Crippen LogP contribution >= 0.6 is 0 Å². The van der Waals surface area contributed by atoms with Crippen LogP contribution in [0.3, 0.4) is 0 Å². The predicted octanol–water partition coefficient (Wildman–Crippen LogP) is 22.8. The maximum atomic E-state index is 12.9. The van der Waals surface area contributed by atoms with Crippen LogP contribution in [-0.4, -0.2) is 37.2 Å². The van der Waals surface area contributed by atoms with Gasteiger partial charge in [-0.3, -0.25) is 14.4 Å². The first-order valence-electron chi connectivity index (χ1n) is 33.5. The van der Waals surface area contributed by atoms with Gasteiger partial charge in [0.2, 0.25) is 0 Å². The molecule has 0 aromatic heterocycles. The van der Waals surface area contributed by atoms with E-state index in [1.807, 2.05) is 0 Å².